The third-order valence-corrected chi connectivity index (χ3v) is 3.33. The summed E-state index contributed by atoms with van der Waals surface area (Å²) in [5, 5.41) is 2.05. The van der Waals surface area contributed by atoms with Crippen molar-refractivity contribution < 1.29 is 31.1 Å². The predicted octanol–water partition coefficient (Wildman–Crippen LogP) is 4.29. The van der Waals surface area contributed by atoms with Crippen LogP contribution in [0.15, 0.2) is 42.5 Å². The molecule has 0 atom stereocenters. The Kier molecular flexibility index (Phi) is 5.07. The van der Waals surface area contributed by atoms with Crippen molar-refractivity contribution in [3.8, 4) is 11.1 Å². The van der Waals surface area contributed by atoms with E-state index in [4.69, 9.17) is 5.73 Å². The number of hydrogen-bond donors (Lipinski definition) is 2. The standard InChI is InChI=1S/C16H12F6N2O/c17-15(18,19)10-6-4-9(5-7-10)11-2-1-3-12(24-13(25)8-23)14(11)16(20,21)22/h1-7H,8,23H2,(H,24,25). The number of amides is 1. The van der Waals surface area contributed by atoms with Crippen molar-refractivity contribution in [2.75, 3.05) is 11.9 Å². The smallest absolute Gasteiger partial charge is 0.324 e. The Balaban J connectivity index is 2.57. The molecule has 134 valence electrons. The highest BCUT2D eigenvalue weighted by molar-refractivity contribution is 5.94. The highest BCUT2D eigenvalue weighted by atomic mass is 19.4. The van der Waals surface area contributed by atoms with Gasteiger partial charge in [-0.05, 0) is 29.3 Å². The first-order chi connectivity index (χ1) is 11.5. The molecule has 0 saturated heterocycles. The lowest BCUT2D eigenvalue weighted by Crippen LogP contribution is -2.24. The zero-order valence-electron chi connectivity index (χ0n) is 12.5. The van der Waals surface area contributed by atoms with Crippen molar-refractivity contribution in [2.45, 2.75) is 12.4 Å². The minimum atomic E-state index is -4.84. The Morgan fingerprint density at radius 3 is 2.00 bits per heavy atom. The van der Waals surface area contributed by atoms with Gasteiger partial charge < -0.3 is 11.1 Å². The van der Waals surface area contributed by atoms with E-state index in [1.807, 2.05) is 5.32 Å². The average Bonchev–Trinajstić information content (AvgIpc) is 2.52. The normalized spacial score (nSPS) is 12.1. The Morgan fingerprint density at radius 2 is 1.52 bits per heavy atom. The highest BCUT2D eigenvalue weighted by Crippen LogP contribution is 2.42. The van der Waals surface area contributed by atoms with Crippen molar-refractivity contribution in [3.05, 3.63) is 53.6 Å². The van der Waals surface area contributed by atoms with Crippen molar-refractivity contribution >= 4 is 11.6 Å². The molecule has 0 saturated carbocycles. The molecule has 1 amide bonds. The maximum absolute atomic E-state index is 13.5. The van der Waals surface area contributed by atoms with Crippen LogP contribution in [-0.4, -0.2) is 12.5 Å². The molecule has 0 radical (unpaired) electrons. The second-order valence-corrected chi connectivity index (χ2v) is 5.05. The van der Waals surface area contributed by atoms with Gasteiger partial charge in [-0.3, -0.25) is 4.79 Å². The van der Waals surface area contributed by atoms with Crippen molar-refractivity contribution in [1.29, 1.82) is 0 Å². The van der Waals surface area contributed by atoms with Crippen LogP contribution in [0.5, 0.6) is 0 Å². The Labute approximate surface area is 138 Å². The summed E-state index contributed by atoms with van der Waals surface area (Å²) >= 11 is 0. The lowest BCUT2D eigenvalue weighted by Gasteiger charge is -2.18. The van der Waals surface area contributed by atoms with E-state index >= 15 is 0 Å². The van der Waals surface area contributed by atoms with Crippen LogP contribution in [0.1, 0.15) is 11.1 Å². The molecule has 2 rings (SSSR count). The first-order valence-corrected chi connectivity index (χ1v) is 6.92. The molecule has 0 unspecified atom stereocenters. The summed E-state index contributed by atoms with van der Waals surface area (Å²) in [5.74, 6) is -0.824. The molecule has 2 aromatic rings. The largest absolute Gasteiger partial charge is 0.419 e. The molecule has 0 aliphatic carbocycles. The van der Waals surface area contributed by atoms with E-state index in [1.54, 1.807) is 0 Å². The Hall–Kier alpha value is -2.55. The van der Waals surface area contributed by atoms with Crippen LogP contribution in [0.4, 0.5) is 32.0 Å². The van der Waals surface area contributed by atoms with Gasteiger partial charge in [-0.1, -0.05) is 24.3 Å². The van der Waals surface area contributed by atoms with Crippen LogP contribution >= 0.6 is 0 Å². The van der Waals surface area contributed by atoms with Crippen LogP contribution in [0.25, 0.3) is 11.1 Å². The molecule has 0 bridgehead atoms. The van der Waals surface area contributed by atoms with E-state index in [-0.39, 0.29) is 11.1 Å². The average molecular weight is 362 g/mol. The van der Waals surface area contributed by atoms with E-state index in [1.165, 1.54) is 6.07 Å². The summed E-state index contributed by atoms with van der Waals surface area (Å²) in [6.07, 6.45) is -9.43. The van der Waals surface area contributed by atoms with Crippen molar-refractivity contribution in [2.24, 2.45) is 5.73 Å². The fourth-order valence-corrected chi connectivity index (χ4v) is 2.24. The van der Waals surface area contributed by atoms with E-state index in [2.05, 4.69) is 0 Å². The second kappa shape index (κ2) is 6.75. The molecular weight excluding hydrogens is 350 g/mol. The first-order valence-electron chi connectivity index (χ1n) is 6.92. The van der Waals surface area contributed by atoms with Gasteiger partial charge in [0, 0.05) is 0 Å². The summed E-state index contributed by atoms with van der Waals surface area (Å²) in [6.45, 7) is -0.512. The van der Waals surface area contributed by atoms with E-state index in [0.29, 0.717) is 12.1 Å². The van der Waals surface area contributed by atoms with Gasteiger partial charge in [-0.15, -0.1) is 0 Å². The molecule has 0 spiro atoms. The lowest BCUT2D eigenvalue weighted by atomic mass is 9.96. The molecule has 3 nitrogen and oxygen atoms in total. The first kappa shape index (κ1) is 18.8. The number of benzene rings is 2. The summed E-state index contributed by atoms with van der Waals surface area (Å²) < 4.78 is 78.2. The number of carbonyl (C=O) groups excluding carboxylic acids is 1. The highest BCUT2D eigenvalue weighted by Gasteiger charge is 2.37. The van der Waals surface area contributed by atoms with E-state index < -0.39 is 41.6 Å². The van der Waals surface area contributed by atoms with Crippen LogP contribution < -0.4 is 11.1 Å². The molecule has 0 fully saturated rings. The quantitative estimate of drug-likeness (QED) is 0.801. The van der Waals surface area contributed by atoms with Gasteiger partial charge in [0.15, 0.2) is 0 Å². The van der Waals surface area contributed by atoms with Gasteiger partial charge >= 0.3 is 12.4 Å². The van der Waals surface area contributed by atoms with Gasteiger partial charge in [0.25, 0.3) is 0 Å². The van der Waals surface area contributed by atoms with Crippen LogP contribution in [0.2, 0.25) is 0 Å². The molecule has 3 N–H and O–H groups in total. The zero-order chi connectivity index (χ0) is 18.8. The molecule has 2 aromatic carbocycles. The Bertz CT molecular complexity index is 766. The fraction of sp³-hybridized carbons (Fsp3) is 0.188. The minimum Gasteiger partial charge on any atom is -0.324 e. The SMILES string of the molecule is NCC(=O)Nc1cccc(-c2ccc(C(F)(F)F)cc2)c1C(F)(F)F. The van der Waals surface area contributed by atoms with Crippen molar-refractivity contribution in [3.63, 3.8) is 0 Å². The number of rotatable bonds is 3. The van der Waals surface area contributed by atoms with Gasteiger partial charge in [-0.25, -0.2) is 0 Å². The van der Waals surface area contributed by atoms with Gasteiger partial charge in [0.05, 0.1) is 23.4 Å². The third kappa shape index (κ3) is 4.30. The molecule has 0 aromatic heterocycles. The van der Waals surface area contributed by atoms with Crippen molar-refractivity contribution in [1.82, 2.24) is 0 Å². The zero-order valence-corrected chi connectivity index (χ0v) is 12.5. The lowest BCUT2D eigenvalue weighted by molar-refractivity contribution is -0.138. The molecular formula is C16H12F6N2O. The van der Waals surface area contributed by atoms with E-state index in [0.717, 1.165) is 24.3 Å². The monoisotopic (exact) mass is 362 g/mol. The minimum absolute atomic E-state index is 0.0656. The predicted molar refractivity (Wildman–Crippen MR) is 79.6 cm³/mol. The molecule has 25 heavy (non-hydrogen) atoms. The molecule has 0 aliphatic heterocycles. The summed E-state index contributed by atoms with van der Waals surface area (Å²) in [6, 6.07) is 6.70. The van der Waals surface area contributed by atoms with Gasteiger partial charge in [-0.2, -0.15) is 26.3 Å². The number of carbonyl (C=O) groups is 1. The molecule has 9 heteroatoms. The maximum Gasteiger partial charge on any atom is 0.419 e. The number of anilines is 1. The third-order valence-electron chi connectivity index (χ3n) is 3.33. The second-order valence-electron chi connectivity index (χ2n) is 5.05. The van der Waals surface area contributed by atoms with E-state index in [9.17, 15) is 31.1 Å². The number of halogens is 6. The number of nitrogens with one attached hydrogen (secondary N) is 1. The van der Waals surface area contributed by atoms with Crippen LogP contribution in [0, 0.1) is 0 Å². The van der Waals surface area contributed by atoms with Crippen LogP contribution in [-0.2, 0) is 17.1 Å². The topological polar surface area (TPSA) is 55.1 Å². The number of alkyl halides is 6. The number of nitrogens with two attached hydrogens (primary N) is 1. The van der Waals surface area contributed by atoms with Crippen LogP contribution in [0.3, 0.4) is 0 Å². The summed E-state index contributed by atoms with van der Waals surface area (Å²) in [7, 11) is 0. The Morgan fingerprint density at radius 1 is 0.920 bits per heavy atom. The van der Waals surface area contributed by atoms with Gasteiger partial charge in [0.2, 0.25) is 5.91 Å². The summed E-state index contributed by atoms with van der Waals surface area (Å²) in [4.78, 5) is 11.3. The number of hydrogen-bond acceptors (Lipinski definition) is 2. The fourth-order valence-electron chi connectivity index (χ4n) is 2.24. The summed E-state index contributed by atoms with van der Waals surface area (Å²) in [5.41, 5.74) is 2.03. The van der Waals surface area contributed by atoms with Gasteiger partial charge in [0.1, 0.15) is 0 Å². The maximum atomic E-state index is 13.5. The molecule has 0 heterocycles. The molecule has 0 aliphatic rings.